The Balaban J connectivity index is 1.05. The molecule has 4 aromatic rings. The highest BCUT2D eigenvalue weighted by atomic mass is 32.2. The fraction of sp³-hybridized carbons (Fsp3) is 0.538. The lowest BCUT2D eigenvalue weighted by molar-refractivity contribution is -0.138. The van der Waals surface area contributed by atoms with Crippen LogP contribution in [0.2, 0.25) is 0 Å². The normalized spacial score (nSPS) is 18.6. The quantitative estimate of drug-likeness (QED) is 0.0846. The van der Waals surface area contributed by atoms with Gasteiger partial charge in [-0.2, -0.15) is 26.3 Å². The lowest BCUT2D eigenvalue weighted by Gasteiger charge is -2.44. The van der Waals surface area contributed by atoms with Crippen LogP contribution in [0.3, 0.4) is 0 Å². The van der Waals surface area contributed by atoms with Crippen LogP contribution in [0, 0.1) is 0 Å². The van der Waals surface area contributed by atoms with E-state index < -0.39 is 23.5 Å². The summed E-state index contributed by atoms with van der Waals surface area (Å²) in [6, 6.07) is 22.5. The van der Waals surface area contributed by atoms with Crippen molar-refractivity contribution in [1.29, 1.82) is 0 Å². The Morgan fingerprint density at radius 2 is 1.06 bits per heavy atom. The van der Waals surface area contributed by atoms with Crippen LogP contribution in [0.1, 0.15) is 62.3 Å². The summed E-state index contributed by atoms with van der Waals surface area (Å²) in [5.74, 6) is 0. The number of para-hydroxylation sites is 2. The van der Waals surface area contributed by atoms with E-state index in [9.17, 15) is 13.2 Å². The summed E-state index contributed by atoms with van der Waals surface area (Å²) < 4.78 is 87.7. The third-order valence-electron chi connectivity index (χ3n) is 14.0. The average Bonchev–Trinajstić information content (AvgIpc) is 3.32. The lowest BCUT2D eigenvalue weighted by Crippen LogP contribution is -2.49. The molecule has 4 heterocycles. The van der Waals surface area contributed by atoms with Gasteiger partial charge in [0.1, 0.15) is 0 Å². The number of hydrogen-bond acceptors (Lipinski definition) is 10. The van der Waals surface area contributed by atoms with E-state index in [1.807, 2.05) is 47.4 Å². The minimum absolute atomic E-state index is 0.299. The van der Waals surface area contributed by atoms with E-state index in [1.165, 1.54) is 30.0 Å². The highest BCUT2D eigenvalue weighted by Crippen LogP contribution is 2.54. The van der Waals surface area contributed by atoms with Crippen molar-refractivity contribution in [3.8, 4) is 0 Å². The first kappa shape index (κ1) is 50.9. The number of rotatable bonds is 19. The van der Waals surface area contributed by atoms with E-state index in [0.29, 0.717) is 56.1 Å². The molecular weight excluding hydrogens is 915 g/mol. The number of piperazine rings is 2. The summed E-state index contributed by atoms with van der Waals surface area (Å²) in [6.45, 7) is 18.7. The molecule has 68 heavy (non-hydrogen) atoms. The Morgan fingerprint density at radius 1 is 0.529 bits per heavy atom. The first-order valence-electron chi connectivity index (χ1n) is 24.5. The van der Waals surface area contributed by atoms with Gasteiger partial charge in [0.2, 0.25) is 0 Å². The molecule has 0 amide bonds. The Bertz CT molecular complexity index is 2280. The maximum Gasteiger partial charge on any atom is 0.416 e. The highest BCUT2D eigenvalue weighted by Gasteiger charge is 2.39. The summed E-state index contributed by atoms with van der Waals surface area (Å²) in [7, 11) is 4.22. The topological polar surface area (TPSA) is 25.9 Å². The molecule has 2 fully saturated rings. The summed E-state index contributed by atoms with van der Waals surface area (Å²) in [5, 5.41) is 0. The lowest BCUT2D eigenvalue weighted by atomic mass is 9.97. The molecule has 0 bridgehead atoms. The van der Waals surface area contributed by atoms with Crippen molar-refractivity contribution in [2.75, 3.05) is 135 Å². The van der Waals surface area contributed by atoms with Crippen LogP contribution in [-0.2, 0) is 12.4 Å². The van der Waals surface area contributed by atoms with Crippen LogP contribution in [-0.4, -0.2) is 155 Å². The number of benzene rings is 4. The molecule has 1 unspecified atom stereocenters. The van der Waals surface area contributed by atoms with Crippen LogP contribution < -0.4 is 9.80 Å². The molecule has 2 saturated heterocycles. The molecule has 8 nitrogen and oxygen atoms in total. The summed E-state index contributed by atoms with van der Waals surface area (Å²) in [5.41, 5.74) is 2.42. The van der Waals surface area contributed by atoms with Crippen LogP contribution >= 0.6 is 23.5 Å². The second-order valence-electron chi connectivity index (χ2n) is 18.8. The Hall–Kier alpha value is -3.48. The van der Waals surface area contributed by atoms with E-state index in [-0.39, 0.29) is 6.04 Å². The Kier molecular flexibility index (Phi) is 17.0. The average molecular weight is 983 g/mol. The van der Waals surface area contributed by atoms with Gasteiger partial charge in [0.05, 0.1) is 33.9 Å². The van der Waals surface area contributed by atoms with Crippen LogP contribution in [0.15, 0.2) is 98.4 Å². The van der Waals surface area contributed by atoms with Crippen LogP contribution in [0.5, 0.6) is 0 Å². The van der Waals surface area contributed by atoms with E-state index in [1.54, 1.807) is 17.8 Å². The van der Waals surface area contributed by atoms with Gasteiger partial charge in [-0.05, 0) is 146 Å². The second-order valence-corrected chi connectivity index (χ2v) is 21.0. The first-order valence-corrected chi connectivity index (χ1v) is 26.2. The second kappa shape index (κ2) is 22.7. The molecule has 0 radical (unpaired) electrons. The zero-order valence-corrected chi connectivity index (χ0v) is 41.7. The SMILES string of the molecule is CCN(CC)CCCN1CCN(CCCN2c3ccccc3Sc3ccc(C(F)(F)F)cc32)CC1c1cc(C(F)(F)F)cc2c1Sc1ccccc1N2CCCN1CCN(CCCN(C)C)CC1. The molecule has 4 aromatic carbocycles. The fourth-order valence-electron chi connectivity index (χ4n) is 10.3. The number of hydrogen-bond donors (Lipinski definition) is 0. The molecule has 16 heteroatoms. The van der Waals surface area contributed by atoms with Gasteiger partial charge in [-0.3, -0.25) is 4.90 Å². The first-order chi connectivity index (χ1) is 32.7. The molecule has 1 atom stereocenters. The van der Waals surface area contributed by atoms with Gasteiger partial charge in [0, 0.05) is 91.1 Å². The molecule has 8 rings (SSSR count). The third kappa shape index (κ3) is 12.3. The van der Waals surface area contributed by atoms with Crippen molar-refractivity contribution in [1.82, 2.24) is 29.4 Å². The largest absolute Gasteiger partial charge is 0.416 e. The predicted molar refractivity (Wildman–Crippen MR) is 266 cm³/mol. The third-order valence-corrected chi connectivity index (χ3v) is 16.4. The number of anilines is 4. The zero-order chi connectivity index (χ0) is 48.0. The zero-order valence-electron chi connectivity index (χ0n) is 40.1. The van der Waals surface area contributed by atoms with Crippen LogP contribution in [0.25, 0.3) is 0 Å². The van der Waals surface area contributed by atoms with Crippen LogP contribution in [0.4, 0.5) is 49.1 Å². The maximum absolute atomic E-state index is 15.2. The van der Waals surface area contributed by atoms with Crippen molar-refractivity contribution in [3.05, 3.63) is 95.6 Å². The van der Waals surface area contributed by atoms with Gasteiger partial charge in [0.25, 0.3) is 0 Å². The Labute approximate surface area is 408 Å². The van der Waals surface area contributed by atoms with Gasteiger partial charge < -0.3 is 34.3 Å². The molecule has 0 N–H and O–H groups in total. The summed E-state index contributed by atoms with van der Waals surface area (Å²) >= 11 is 3.07. The van der Waals surface area contributed by atoms with Gasteiger partial charge in [0.15, 0.2) is 0 Å². The molecule has 0 saturated carbocycles. The molecule has 370 valence electrons. The monoisotopic (exact) mass is 982 g/mol. The molecule has 0 aromatic heterocycles. The van der Waals surface area contributed by atoms with E-state index >= 15 is 13.2 Å². The predicted octanol–water partition coefficient (Wildman–Crippen LogP) is 11.4. The molecular formula is C52H68F6N8S2. The van der Waals surface area contributed by atoms with Crippen molar-refractivity contribution in [3.63, 3.8) is 0 Å². The highest BCUT2D eigenvalue weighted by molar-refractivity contribution is 8.00. The standard InChI is InChI=1S/C52H68F6N8S2/c1-5-60(6-2)22-12-26-64-34-33-63(25-14-27-65-42-15-7-9-17-47(42)67-49-20-19-39(36-44(49)65)51(53,54)55)38-46(64)41-35-40(52(56,57)58)37-45-50(41)68-48-18-10-8-16-43(48)66(45)28-13-24-62-31-29-61(30-32-62)23-11-21-59(3)4/h7-10,15-20,35-37,46H,5-6,11-14,21-34,38H2,1-4H3. The van der Waals surface area contributed by atoms with E-state index in [4.69, 9.17) is 0 Å². The van der Waals surface area contributed by atoms with Crippen molar-refractivity contribution >= 4 is 46.3 Å². The maximum atomic E-state index is 15.2. The fourth-order valence-corrected chi connectivity index (χ4v) is 12.6. The minimum Gasteiger partial charge on any atom is -0.340 e. The van der Waals surface area contributed by atoms with Crippen molar-refractivity contribution in [2.24, 2.45) is 0 Å². The summed E-state index contributed by atoms with van der Waals surface area (Å²) in [6.07, 6.45) is -5.49. The smallest absolute Gasteiger partial charge is 0.340 e. The van der Waals surface area contributed by atoms with Crippen molar-refractivity contribution < 1.29 is 26.3 Å². The minimum atomic E-state index is -4.55. The van der Waals surface area contributed by atoms with Gasteiger partial charge in [-0.1, -0.05) is 61.6 Å². The van der Waals surface area contributed by atoms with E-state index in [2.05, 4.69) is 68.3 Å². The molecule has 4 aliphatic heterocycles. The van der Waals surface area contributed by atoms with Crippen molar-refractivity contribution in [2.45, 2.75) is 77.5 Å². The van der Waals surface area contributed by atoms with Gasteiger partial charge >= 0.3 is 12.4 Å². The number of alkyl halides is 6. The molecule has 4 aliphatic rings. The van der Waals surface area contributed by atoms with Gasteiger partial charge in [-0.15, -0.1) is 0 Å². The van der Waals surface area contributed by atoms with Gasteiger partial charge in [-0.25, -0.2) is 0 Å². The Morgan fingerprint density at radius 3 is 1.68 bits per heavy atom. The van der Waals surface area contributed by atoms with E-state index in [0.717, 1.165) is 135 Å². The summed E-state index contributed by atoms with van der Waals surface area (Å²) in [4.78, 5) is 22.3. The molecule has 0 aliphatic carbocycles. The molecule has 0 spiro atoms. The number of fused-ring (bicyclic) bond motifs is 4. The number of halogens is 6. The number of nitrogens with zero attached hydrogens (tertiary/aromatic N) is 8.